The average molecular weight is 223 g/mol. The first-order valence-corrected chi connectivity index (χ1v) is 7.58. The van der Waals surface area contributed by atoms with Gasteiger partial charge < -0.3 is 5.32 Å². The maximum absolute atomic E-state index is 3.88. The number of nitrogens with one attached hydrogen (secondary N) is 1. The molecular weight excluding hydrogens is 194 g/mol. The van der Waals surface area contributed by atoms with Crippen molar-refractivity contribution in [3.05, 3.63) is 0 Å². The summed E-state index contributed by atoms with van der Waals surface area (Å²) in [5.41, 5.74) is 0.733. The SMILES string of the molecule is CCCC1(CNC2CCCCCCC2)CC1. The largest absolute Gasteiger partial charge is 0.313 e. The van der Waals surface area contributed by atoms with Gasteiger partial charge in [-0.05, 0) is 37.5 Å². The standard InChI is InChI=1S/C15H29N/c1-2-10-15(11-12-15)13-16-14-8-6-4-3-5-7-9-14/h14,16H,2-13H2,1H3. The van der Waals surface area contributed by atoms with Crippen LogP contribution in [0.25, 0.3) is 0 Å². The summed E-state index contributed by atoms with van der Waals surface area (Å²) in [5.74, 6) is 0. The summed E-state index contributed by atoms with van der Waals surface area (Å²) < 4.78 is 0. The van der Waals surface area contributed by atoms with E-state index in [-0.39, 0.29) is 0 Å². The molecule has 2 saturated carbocycles. The molecule has 2 aliphatic carbocycles. The molecule has 0 aromatic carbocycles. The van der Waals surface area contributed by atoms with E-state index in [9.17, 15) is 0 Å². The lowest BCUT2D eigenvalue weighted by Crippen LogP contribution is -2.34. The van der Waals surface area contributed by atoms with Crippen LogP contribution in [0.15, 0.2) is 0 Å². The Balaban J connectivity index is 1.67. The van der Waals surface area contributed by atoms with Crippen molar-refractivity contribution in [3.63, 3.8) is 0 Å². The first kappa shape index (κ1) is 12.4. The summed E-state index contributed by atoms with van der Waals surface area (Å²) in [5, 5.41) is 3.88. The molecule has 0 unspecified atom stereocenters. The van der Waals surface area contributed by atoms with E-state index in [1.54, 1.807) is 0 Å². The van der Waals surface area contributed by atoms with Crippen LogP contribution in [-0.4, -0.2) is 12.6 Å². The number of hydrogen-bond donors (Lipinski definition) is 1. The molecule has 1 nitrogen and oxygen atoms in total. The summed E-state index contributed by atoms with van der Waals surface area (Å²) in [4.78, 5) is 0. The minimum absolute atomic E-state index is 0.733. The third-order valence-corrected chi connectivity index (χ3v) is 4.61. The second kappa shape index (κ2) is 6.05. The normalized spacial score (nSPS) is 26.1. The highest BCUT2D eigenvalue weighted by atomic mass is 14.9. The summed E-state index contributed by atoms with van der Waals surface area (Å²) in [6.07, 6.45) is 16.0. The van der Waals surface area contributed by atoms with Crippen LogP contribution in [0.2, 0.25) is 0 Å². The predicted molar refractivity (Wildman–Crippen MR) is 70.7 cm³/mol. The molecule has 0 aliphatic heterocycles. The van der Waals surface area contributed by atoms with Crippen molar-refractivity contribution in [3.8, 4) is 0 Å². The van der Waals surface area contributed by atoms with Gasteiger partial charge in [0.25, 0.3) is 0 Å². The van der Waals surface area contributed by atoms with Crippen LogP contribution in [0.4, 0.5) is 0 Å². The predicted octanol–water partition coefficient (Wildman–Crippen LogP) is 4.27. The molecule has 0 heterocycles. The van der Waals surface area contributed by atoms with Gasteiger partial charge in [-0.25, -0.2) is 0 Å². The lowest BCUT2D eigenvalue weighted by Gasteiger charge is -2.24. The monoisotopic (exact) mass is 223 g/mol. The van der Waals surface area contributed by atoms with Crippen LogP contribution in [0.5, 0.6) is 0 Å². The Morgan fingerprint density at radius 3 is 2.19 bits per heavy atom. The smallest absolute Gasteiger partial charge is 0.00672 e. The van der Waals surface area contributed by atoms with E-state index >= 15 is 0 Å². The zero-order valence-corrected chi connectivity index (χ0v) is 11.1. The summed E-state index contributed by atoms with van der Waals surface area (Å²) >= 11 is 0. The lowest BCUT2D eigenvalue weighted by molar-refractivity contribution is 0.339. The van der Waals surface area contributed by atoms with Crippen LogP contribution in [0.1, 0.15) is 77.6 Å². The quantitative estimate of drug-likeness (QED) is 0.734. The first-order valence-electron chi connectivity index (χ1n) is 7.58. The third-order valence-electron chi connectivity index (χ3n) is 4.61. The lowest BCUT2D eigenvalue weighted by atomic mass is 9.95. The van der Waals surface area contributed by atoms with E-state index < -0.39 is 0 Å². The van der Waals surface area contributed by atoms with E-state index in [0.717, 1.165) is 11.5 Å². The van der Waals surface area contributed by atoms with Gasteiger partial charge in [-0.1, -0.05) is 45.4 Å². The Morgan fingerprint density at radius 2 is 1.62 bits per heavy atom. The maximum Gasteiger partial charge on any atom is 0.00672 e. The molecule has 0 spiro atoms. The summed E-state index contributed by atoms with van der Waals surface area (Å²) in [6.45, 7) is 3.64. The van der Waals surface area contributed by atoms with Crippen LogP contribution in [-0.2, 0) is 0 Å². The van der Waals surface area contributed by atoms with E-state index in [4.69, 9.17) is 0 Å². The van der Waals surface area contributed by atoms with Crippen molar-refractivity contribution in [2.75, 3.05) is 6.54 Å². The molecule has 2 fully saturated rings. The minimum atomic E-state index is 0.733. The Morgan fingerprint density at radius 1 is 1.00 bits per heavy atom. The van der Waals surface area contributed by atoms with Crippen molar-refractivity contribution >= 4 is 0 Å². The zero-order chi connectivity index (χ0) is 11.3. The number of hydrogen-bond acceptors (Lipinski definition) is 1. The van der Waals surface area contributed by atoms with Crippen LogP contribution < -0.4 is 5.32 Å². The molecule has 0 amide bonds. The van der Waals surface area contributed by atoms with E-state index in [0.29, 0.717) is 0 Å². The fraction of sp³-hybridized carbons (Fsp3) is 1.00. The Labute approximate surface area is 101 Å². The van der Waals surface area contributed by atoms with Gasteiger partial charge in [-0.3, -0.25) is 0 Å². The molecule has 0 radical (unpaired) electrons. The van der Waals surface area contributed by atoms with Crippen molar-refractivity contribution in [1.29, 1.82) is 0 Å². The van der Waals surface area contributed by atoms with Crippen molar-refractivity contribution in [2.45, 2.75) is 83.6 Å². The van der Waals surface area contributed by atoms with Crippen LogP contribution in [0, 0.1) is 5.41 Å². The molecule has 0 saturated heterocycles. The van der Waals surface area contributed by atoms with Gasteiger partial charge in [-0.15, -0.1) is 0 Å². The molecule has 0 aromatic heterocycles. The Hall–Kier alpha value is -0.0400. The second-order valence-electron chi connectivity index (χ2n) is 6.17. The molecule has 1 N–H and O–H groups in total. The van der Waals surface area contributed by atoms with E-state index in [1.807, 2.05) is 0 Å². The van der Waals surface area contributed by atoms with Gasteiger partial charge in [0, 0.05) is 12.6 Å². The molecular formula is C15H29N. The van der Waals surface area contributed by atoms with Gasteiger partial charge in [-0.2, -0.15) is 0 Å². The van der Waals surface area contributed by atoms with Crippen molar-refractivity contribution in [1.82, 2.24) is 5.32 Å². The van der Waals surface area contributed by atoms with E-state index in [2.05, 4.69) is 12.2 Å². The highest BCUT2D eigenvalue weighted by Crippen LogP contribution is 2.49. The third kappa shape index (κ3) is 3.76. The van der Waals surface area contributed by atoms with Gasteiger partial charge >= 0.3 is 0 Å². The fourth-order valence-corrected chi connectivity index (χ4v) is 3.24. The van der Waals surface area contributed by atoms with Crippen molar-refractivity contribution in [2.24, 2.45) is 5.41 Å². The molecule has 16 heavy (non-hydrogen) atoms. The molecule has 2 rings (SSSR count). The second-order valence-corrected chi connectivity index (χ2v) is 6.17. The molecule has 2 aliphatic rings. The highest BCUT2D eigenvalue weighted by molar-refractivity contribution is 4.95. The van der Waals surface area contributed by atoms with E-state index in [1.165, 1.54) is 77.2 Å². The molecule has 1 heteroatoms. The number of rotatable bonds is 5. The van der Waals surface area contributed by atoms with Crippen LogP contribution in [0.3, 0.4) is 0 Å². The minimum Gasteiger partial charge on any atom is -0.313 e. The topological polar surface area (TPSA) is 12.0 Å². The highest BCUT2D eigenvalue weighted by Gasteiger charge is 2.41. The van der Waals surface area contributed by atoms with Gasteiger partial charge in [0.1, 0.15) is 0 Å². The molecule has 94 valence electrons. The zero-order valence-electron chi connectivity index (χ0n) is 11.1. The summed E-state index contributed by atoms with van der Waals surface area (Å²) in [6, 6.07) is 0.842. The first-order chi connectivity index (χ1) is 7.85. The van der Waals surface area contributed by atoms with Crippen molar-refractivity contribution < 1.29 is 0 Å². The Bertz CT molecular complexity index is 188. The average Bonchev–Trinajstić information content (AvgIpc) is 2.97. The summed E-state index contributed by atoms with van der Waals surface area (Å²) in [7, 11) is 0. The Kier molecular flexibility index (Phi) is 4.69. The van der Waals surface area contributed by atoms with Gasteiger partial charge in [0.2, 0.25) is 0 Å². The molecule has 0 atom stereocenters. The molecule has 0 aromatic rings. The fourth-order valence-electron chi connectivity index (χ4n) is 3.24. The van der Waals surface area contributed by atoms with Gasteiger partial charge in [0.05, 0.1) is 0 Å². The molecule has 0 bridgehead atoms. The van der Waals surface area contributed by atoms with Crippen LogP contribution >= 0.6 is 0 Å². The van der Waals surface area contributed by atoms with Gasteiger partial charge in [0.15, 0.2) is 0 Å². The maximum atomic E-state index is 3.88.